The molecule has 9 heteroatoms. The maximum absolute atomic E-state index is 12.1. The molecule has 1 aliphatic heterocycles. The number of ether oxygens (including phenoxy) is 2. The fourth-order valence-corrected chi connectivity index (χ4v) is 2.36. The van der Waals surface area contributed by atoms with E-state index >= 15 is 0 Å². The minimum atomic E-state index is -0.789. The van der Waals surface area contributed by atoms with Gasteiger partial charge in [-0.15, -0.1) is 0 Å². The quantitative estimate of drug-likeness (QED) is 0.839. The van der Waals surface area contributed by atoms with E-state index < -0.39 is 22.9 Å². The van der Waals surface area contributed by atoms with Crippen molar-refractivity contribution >= 4 is 11.6 Å². The van der Waals surface area contributed by atoms with Crippen LogP contribution in [0.15, 0.2) is 34.0 Å². The minimum absolute atomic E-state index is 0.252. The van der Waals surface area contributed by atoms with Gasteiger partial charge in [0.05, 0.1) is 0 Å². The standard InChI is InChI=1S/C16H14N4O5/c1-16(2)24-11-4-3-10(5-12(11)25-16)18-13(21)8-20-7-9(6-17)14(22)19-15(20)23/h3-5,7H,8H2,1-2H3,(H,18,21)(H,19,22,23). The van der Waals surface area contributed by atoms with E-state index in [1.807, 2.05) is 4.98 Å². The number of hydrogen-bond acceptors (Lipinski definition) is 6. The number of carbonyl (C=O) groups excluding carboxylic acids is 1. The number of aromatic amines is 1. The lowest BCUT2D eigenvalue weighted by Crippen LogP contribution is -2.34. The molecule has 9 nitrogen and oxygen atoms in total. The second-order valence-electron chi connectivity index (χ2n) is 5.86. The van der Waals surface area contributed by atoms with Gasteiger partial charge in [-0.05, 0) is 12.1 Å². The van der Waals surface area contributed by atoms with Crippen LogP contribution in [-0.2, 0) is 11.3 Å². The van der Waals surface area contributed by atoms with Gasteiger partial charge >= 0.3 is 5.69 Å². The van der Waals surface area contributed by atoms with Gasteiger partial charge in [0, 0.05) is 31.8 Å². The van der Waals surface area contributed by atoms with E-state index in [2.05, 4.69) is 5.32 Å². The van der Waals surface area contributed by atoms with Crippen LogP contribution in [0.3, 0.4) is 0 Å². The molecule has 1 aromatic carbocycles. The van der Waals surface area contributed by atoms with Crippen LogP contribution in [0.4, 0.5) is 5.69 Å². The van der Waals surface area contributed by atoms with E-state index in [0.29, 0.717) is 17.2 Å². The number of nitriles is 1. The summed E-state index contributed by atoms with van der Waals surface area (Å²) in [5, 5.41) is 11.4. The molecular weight excluding hydrogens is 328 g/mol. The molecule has 0 saturated heterocycles. The summed E-state index contributed by atoms with van der Waals surface area (Å²) < 4.78 is 12.1. The van der Waals surface area contributed by atoms with E-state index in [0.717, 1.165) is 10.8 Å². The molecule has 0 fully saturated rings. The van der Waals surface area contributed by atoms with Crippen molar-refractivity contribution in [1.82, 2.24) is 9.55 Å². The number of rotatable bonds is 3. The predicted octanol–water partition coefficient (Wildman–Crippen LogP) is 0.554. The number of carbonyl (C=O) groups is 1. The molecule has 0 atom stereocenters. The number of benzene rings is 1. The first-order chi connectivity index (χ1) is 11.8. The molecule has 0 unspecified atom stereocenters. The first-order valence-electron chi connectivity index (χ1n) is 7.33. The summed E-state index contributed by atoms with van der Waals surface area (Å²) in [6, 6.07) is 6.57. The fourth-order valence-electron chi connectivity index (χ4n) is 2.36. The van der Waals surface area contributed by atoms with Gasteiger partial charge in [-0.2, -0.15) is 5.26 Å². The van der Waals surface area contributed by atoms with Crippen LogP contribution < -0.4 is 26.0 Å². The van der Waals surface area contributed by atoms with Crippen molar-refractivity contribution in [1.29, 1.82) is 5.26 Å². The van der Waals surface area contributed by atoms with Crippen molar-refractivity contribution in [2.75, 3.05) is 5.32 Å². The van der Waals surface area contributed by atoms with Crippen molar-refractivity contribution in [3.63, 3.8) is 0 Å². The Morgan fingerprint density at radius 2 is 2.04 bits per heavy atom. The second kappa shape index (κ2) is 5.83. The van der Waals surface area contributed by atoms with Gasteiger partial charge in [-0.3, -0.25) is 19.1 Å². The molecule has 25 heavy (non-hydrogen) atoms. The van der Waals surface area contributed by atoms with Gasteiger partial charge in [0.15, 0.2) is 11.5 Å². The first-order valence-corrected chi connectivity index (χ1v) is 7.33. The third kappa shape index (κ3) is 3.37. The molecule has 0 bridgehead atoms. The lowest BCUT2D eigenvalue weighted by molar-refractivity contribution is -0.116. The van der Waals surface area contributed by atoms with Crippen LogP contribution in [0.1, 0.15) is 19.4 Å². The maximum atomic E-state index is 12.1. The highest BCUT2D eigenvalue weighted by molar-refractivity contribution is 5.91. The summed E-state index contributed by atoms with van der Waals surface area (Å²) in [4.78, 5) is 37.2. The number of aromatic nitrogens is 2. The fraction of sp³-hybridized carbons (Fsp3) is 0.250. The van der Waals surface area contributed by atoms with Crippen LogP contribution in [-0.4, -0.2) is 21.2 Å². The number of anilines is 1. The Kier molecular flexibility index (Phi) is 3.81. The number of hydrogen-bond donors (Lipinski definition) is 2. The largest absolute Gasteiger partial charge is 0.449 e. The van der Waals surface area contributed by atoms with Crippen LogP contribution in [0.5, 0.6) is 11.5 Å². The average molecular weight is 342 g/mol. The van der Waals surface area contributed by atoms with Crippen LogP contribution >= 0.6 is 0 Å². The molecule has 2 N–H and O–H groups in total. The number of nitrogens with one attached hydrogen (secondary N) is 2. The zero-order valence-electron chi connectivity index (χ0n) is 13.5. The van der Waals surface area contributed by atoms with Gasteiger partial charge in [-0.25, -0.2) is 4.79 Å². The molecular formula is C16H14N4O5. The zero-order valence-corrected chi connectivity index (χ0v) is 13.5. The number of H-pyrrole nitrogens is 1. The van der Waals surface area contributed by atoms with Crippen molar-refractivity contribution in [3.05, 3.63) is 50.8 Å². The van der Waals surface area contributed by atoms with Crippen molar-refractivity contribution < 1.29 is 14.3 Å². The lowest BCUT2D eigenvalue weighted by Gasteiger charge is -2.16. The molecule has 0 spiro atoms. The smallest absolute Gasteiger partial charge is 0.328 e. The zero-order chi connectivity index (χ0) is 18.2. The molecule has 2 aromatic rings. The highest BCUT2D eigenvalue weighted by atomic mass is 16.7. The molecule has 3 rings (SSSR count). The Morgan fingerprint density at radius 1 is 1.32 bits per heavy atom. The Balaban J connectivity index is 1.76. The summed E-state index contributed by atoms with van der Waals surface area (Å²) in [5.74, 6) is -0.215. The number of fused-ring (bicyclic) bond motifs is 1. The lowest BCUT2D eigenvalue weighted by atomic mass is 10.2. The normalized spacial score (nSPS) is 14.0. The molecule has 0 aliphatic carbocycles. The Labute approximate surface area is 141 Å². The second-order valence-corrected chi connectivity index (χ2v) is 5.86. The summed E-state index contributed by atoms with van der Waals surface area (Å²) in [7, 11) is 0. The van der Waals surface area contributed by atoms with E-state index in [1.54, 1.807) is 38.1 Å². The molecule has 0 saturated carbocycles. The average Bonchev–Trinajstić information content (AvgIpc) is 2.83. The predicted molar refractivity (Wildman–Crippen MR) is 86.4 cm³/mol. The van der Waals surface area contributed by atoms with Crippen LogP contribution in [0.25, 0.3) is 0 Å². The van der Waals surface area contributed by atoms with Gasteiger partial charge in [0.25, 0.3) is 5.56 Å². The third-order valence-corrected chi connectivity index (χ3v) is 3.38. The van der Waals surface area contributed by atoms with E-state index in [9.17, 15) is 14.4 Å². The summed E-state index contributed by atoms with van der Waals surface area (Å²) in [6.45, 7) is 3.17. The van der Waals surface area contributed by atoms with E-state index in [1.165, 1.54) is 0 Å². The Morgan fingerprint density at radius 3 is 2.76 bits per heavy atom. The molecule has 2 heterocycles. The first kappa shape index (κ1) is 16.3. The van der Waals surface area contributed by atoms with Gasteiger partial charge < -0.3 is 14.8 Å². The molecule has 1 aromatic heterocycles. The monoisotopic (exact) mass is 342 g/mol. The van der Waals surface area contributed by atoms with Crippen LogP contribution in [0, 0.1) is 11.3 Å². The Hall–Kier alpha value is -3.54. The van der Waals surface area contributed by atoms with Gasteiger partial charge in [0.1, 0.15) is 18.2 Å². The SMILES string of the molecule is CC1(C)Oc2ccc(NC(=O)Cn3cc(C#N)c(=O)[nH]c3=O)cc2O1. The molecule has 1 aliphatic rings. The third-order valence-electron chi connectivity index (χ3n) is 3.38. The molecule has 128 valence electrons. The van der Waals surface area contributed by atoms with Crippen molar-refractivity contribution in [3.8, 4) is 17.6 Å². The van der Waals surface area contributed by atoms with Gasteiger partial charge in [-0.1, -0.05) is 0 Å². The Bertz CT molecular complexity index is 1010. The summed E-state index contributed by atoms with van der Waals surface area (Å²) in [6.07, 6.45) is 1.04. The van der Waals surface area contributed by atoms with Crippen molar-refractivity contribution in [2.24, 2.45) is 0 Å². The molecule has 1 amide bonds. The van der Waals surface area contributed by atoms with E-state index in [4.69, 9.17) is 14.7 Å². The maximum Gasteiger partial charge on any atom is 0.328 e. The highest BCUT2D eigenvalue weighted by Gasteiger charge is 2.31. The number of amides is 1. The minimum Gasteiger partial charge on any atom is -0.449 e. The van der Waals surface area contributed by atoms with Crippen LogP contribution in [0.2, 0.25) is 0 Å². The summed E-state index contributed by atoms with van der Waals surface area (Å²) >= 11 is 0. The number of nitrogens with zero attached hydrogens (tertiary/aromatic N) is 2. The van der Waals surface area contributed by atoms with Gasteiger partial charge in [0.2, 0.25) is 11.7 Å². The summed E-state index contributed by atoms with van der Waals surface area (Å²) in [5.41, 5.74) is -1.35. The van der Waals surface area contributed by atoms with Crippen molar-refractivity contribution in [2.45, 2.75) is 26.2 Å². The van der Waals surface area contributed by atoms with E-state index in [-0.39, 0.29) is 12.1 Å². The molecule has 0 radical (unpaired) electrons. The topological polar surface area (TPSA) is 126 Å². The highest BCUT2D eigenvalue weighted by Crippen LogP contribution is 2.40.